The Balaban J connectivity index is 3.84. The molecule has 0 aliphatic heterocycles. The number of rotatable bonds is 8. The fourth-order valence-electron chi connectivity index (χ4n) is 1.34. The van der Waals surface area contributed by atoms with Gasteiger partial charge in [0.25, 0.3) is 0 Å². The topological polar surface area (TPSA) is 72.6 Å². The fraction of sp³-hybridized carbons (Fsp3) is 0.667. The molecule has 98 valence electrons. The van der Waals surface area contributed by atoms with Gasteiger partial charge in [0.05, 0.1) is 7.11 Å². The lowest BCUT2D eigenvalue weighted by Gasteiger charge is -2.17. The Morgan fingerprint density at radius 3 is 2.71 bits per heavy atom. The smallest absolute Gasteiger partial charge is 0.322 e. The van der Waals surface area contributed by atoms with E-state index < -0.39 is 12.0 Å². The average molecular weight is 242 g/mol. The van der Waals surface area contributed by atoms with E-state index in [1.165, 1.54) is 7.11 Å². The first-order valence-corrected chi connectivity index (χ1v) is 5.71. The maximum Gasteiger partial charge on any atom is 0.322 e. The molecule has 0 aromatic rings. The van der Waals surface area contributed by atoms with Crippen molar-refractivity contribution in [2.75, 3.05) is 20.7 Å². The minimum absolute atomic E-state index is 0.00610. The first kappa shape index (κ1) is 15.6. The summed E-state index contributed by atoms with van der Waals surface area (Å²) in [4.78, 5) is 24.3. The number of allylic oxidation sites excluding steroid dienone is 1. The van der Waals surface area contributed by atoms with Gasteiger partial charge in [-0.1, -0.05) is 6.08 Å². The summed E-state index contributed by atoms with van der Waals surface area (Å²) < 4.78 is 4.48. The highest BCUT2D eigenvalue weighted by atomic mass is 16.5. The first-order valence-electron chi connectivity index (χ1n) is 5.71. The molecule has 0 unspecified atom stereocenters. The highest BCUT2D eigenvalue weighted by Crippen LogP contribution is 2.02. The Labute approximate surface area is 103 Å². The van der Waals surface area contributed by atoms with Crippen LogP contribution in [0.15, 0.2) is 12.7 Å². The van der Waals surface area contributed by atoms with Crippen LogP contribution in [0.3, 0.4) is 0 Å². The highest BCUT2D eigenvalue weighted by Gasteiger charge is 2.16. The molecule has 0 rings (SSSR count). The van der Waals surface area contributed by atoms with Crippen LogP contribution in [0, 0.1) is 0 Å². The summed E-state index contributed by atoms with van der Waals surface area (Å²) in [5.74, 6) is -0.486. The van der Waals surface area contributed by atoms with Crippen LogP contribution in [-0.4, -0.2) is 43.5 Å². The quantitative estimate of drug-likeness (QED) is 0.386. The van der Waals surface area contributed by atoms with Gasteiger partial charge in [-0.3, -0.25) is 9.59 Å². The van der Waals surface area contributed by atoms with Crippen LogP contribution in [0.5, 0.6) is 0 Å². The number of unbranched alkanes of at least 4 members (excludes halogenated alkanes) is 1. The van der Waals surface area contributed by atoms with E-state index in [0.29, 0.717) is 13.0 Å². The number of hydrogen-bond acceptors (Lipinski definition) is 4. The number of carbonyl (C=O) groups excluding carboxylic acids is 2. The van der Waals surface area contributed by atoms with E-state index >= 15 is 0 Å². The summed E-state index contributed by atoms with van der Waals surface area (Å²) >= 11 is 0. The molecule has 0 aliphatic rings. The Hall–Kier alpha value is -1.36. The summed E-state index contributed by atoms with van der Waals surface area (Å²) in [5.41, 5.74) is 5.54. The van der Waals surface area contributed by atoms with Crippen molar-refractivity contribution in [1.29, 1.82) is 0 Å². The van der Waals surface area contributed by atoms with Crippen molar-refractivity contribution in [1.82, 2.24) is 4.90 Å². The van der Waals surface area contributed by atoms with E-state index in [2.05, 4.69) is 11.3 Å². The normalized spacial score (nSPS) is 11.7. The molecule has 1 atom stereocenters. The Bertz CT molecular complexity index is 266. The minimum Gasteiger partial charge on any atom is -0.468 e. The molecule has 0 radical (unpaired) electrons. The molecule has 0 fully saturated rings. The summed E-state index contributed by atoms with van der Waals surface area (Å²) in [5, 5.41) is 0. The van der Waals surface area contributed by atoms with Crippen molar-refractivity contribution in [3.8, 4) is 0 Å². The van der Waals surface area contributed by atoms with Crippen LogP contribution in [0.25, 0.3) is 0 Å². The summed E-state index contributed by atoms with van der Waals surface area (Å²) in [7, 11) is 3.03. The molecule has 17 heavy (non-hydrogen) atoms. The third kappa shape index (κ3) is 6.73. The van der Waals surface area contributed by atoms with Crippen molar-refractivity contribution in [2.24, 2.45) is 5.73 Å². The summed E-state index contributed by atoms with van der Waals surface area (Å²) in [6.45, 7) is 4.31. The first-order chi connectivity index (χ1) is 8.02. The van der Waals surface area contributed by atoms with E-state index in [1.807, 2.05) is 6.08 Å². The van der Waals surface area contributed by atoms with Crippen molar-refractivity contribution < 1.29 is 14.3 Å². The number of amides is 1. The van der Waals surface area contributed by atoms with Crippen LogP contribution >= 0.6 is 0 Å². The molecular weight excluding hydrogens is 220 g/mol. The van der Waals surface area contributed by atoms with Gasteiger partial charge in [-0.15, -0.1) is 6.58 Å². The molecule has 0 bridgehead atoms. The third-order valence-corrected chi connectivity index (χ3v) is 2.50. The predicted molar refractivity (Wildman–Crippen MR) is 66.3 cm³/mol. The molecule has 0 spiro atoms. The molecule has 0 saturated heterocycles. The molecule has 0 heterocycles. The summed E-state index contributed by atoms with van der Waals surface area (Å²) in [6.07, 6.45) is 4.19. The molecule has 0 aromatic carbocycles. The zero-order valence-electron chi connectivity index (χ0n) is 10.6. The number of ether oxygens (including phenoxy) is 1. The highest BCUT2D eigenvalue weighted by molar-refractivity contribution is 5.79. The SMILES string of the molecule is C=CCCCN(C)C(=O)CC[C@H](N)C(=O)OC. The third-order valence-electron chi connectivity index (χ3n) is 2.50. The van der Waals surface area contributed by atoms with E-state index in [9.17, 15) is 9.59 Å². The van der Waals surface area contributed by atoms with Gasteiger partial charge < -0.3 is 15.4 Å². The monoisotopic (exact) mass is 242 g/mol. The number of nitrogens with two attached hydrogens (primary N) is 1. The maximum atomic E-state index is 11.6. The van der Waals surface area contributed by atoms with Crippen LogP contribution in [0.4, 0.5) is 0 Å². The van der Waals surface area contributed by atoms with Crippen molar-refractivity contribution in [3.05, 3.63) is 12.7 Å². The second kappa shape index (κ2) is 8.75. The van der Waals surface area contributed by atoms with Crippen LogP contribution < -0.4 is 5.73 Å². The van der Waals surface area contributed by atoms with E-state index in [4.69, 9.17) is 5.73 Å². The lowest BCUT2D eigenvalue weighted by atomic mass is 10.1. The number of hydrogen-bond donors (Lipinski definition) is 1. The molecular formula is C12H22N2O3. The molecule has 1 amide bonds. The second-order valence-electron chi connectivity index (χ2n) is 3.91. The van der Waals surface area contributed by atoms with Gasteiger partial charge in [0, 0.05) is 20.0 Å². The largest absolute Gasteiger partial charge is 0.468 e. The Kier molecular flexibility index (Phi) is 8.05. The molecule has 2 N–H and O–H groups in total. The standard InChI is InChI=1S/C12H22N2O3/c1-4-5-6-9-14(2)11(15)8-7-10(13)12(16)17-3/h4,10H,1,5-9,13H2,2-3H3/t10-/m0/s1. The maximum absolute atomic E-state index is 11.6. The molecule has 0 aromatic heterocycles. The Morgan fingerprint density at radius 1 is 1.53 bits per heavy atom. The zero-order valence-corrected chi connectivity index (χ0v) is 10.6. The van der Waals surface area contributed by atoms with Crippen LogP contribution in [0.1, 0.15) is 25.7 Å². The Morgan fingerprint density at radius 2 is 2.18 bits per heavy atom. The number of methoxy groups -OCH3 is 1. The van der Waals surface area contributed by atoms with Gasteiger partial charge in [0.1, 0.15) is 6.04 Å². The van der Waals surface area contributed by atoms with Gasteiger partial charge >= 0.3 is 5.97 Å². The van der Waals surface area contributed by atoms with Crippen molar-refractivity contribution in [2.45, 2.75) is 31.7 Å². The number of esters is 1. The lowest BCUT2D eigenvalue weighted by Crippen LogP contribution is -2.34. The summed E-state index contributed by atoms with van der Waals surface area (Å²) in [6, 6.07) is -0.717. The lowest BCUT2D eigenvalue weighted by molar-refractivity contribution is -0.142. The van der Waals surface area contributed by atoms with Gasteiger partial charge in [-0.05, 0) is 19.3 Å². The van der Waals surface area contributed by atoms with Gasteiger partial charge in [-0.2, -0.15) is 0 Å². The second-order valence-corrected chi connectivity index (χ2v) is 3.91. The van der Waals surface area contributed by atoms with Crippen molar-refractivity contribution >= 4 is 11.9 Å². The van der Waals surface area contributed by atoms with E-state index in [1.54, 1.807) is 11.9 Å². The molecule has 0 aliphatic carbocycles. The number of nitrogens with zero attached hydrogens (tertiary/aromatic N) is 1. The molecule has 5 nitrogen and oxygen atoms in total. The van der Waals surface area contributed by atoms with Gasteiger partial charge in [0.2, 0.25) is 5.91 Å². The van der Waals surface area contributed by atoms with Crippen molar-refractivity contribution in [3.63, 3.8) is 0 Å². The minimum atomic E-state index is -0.717. The average Bonchev–Trinajstić information content (AvgIpc) is 2.34. The fourth-order valence-corrected chi connectivity index (χ4v) is 1.34. The zero-order chi connectivity index (χ0) is 13.3. The van der Waals surface area contributed by atoms with Crippen LogP contribution in [0.2, 0.25) is 0 Å². The molecule has 0 saturated carbocycles. The van der Waals surface area contributed by atoms with Crippen LogP contribution in [-0.2, 0) is 14.3 Å². The van der Waals surface area contributed by atoms with E-state index in [-0.39, 0.29) is 12.3 Å². The number of carbonyl (C=O) groups is 2. The predicted octanol–water partition coefficient (Wildman–Crippen LogP) is 0.691. The van der Waals surface area contributed by atoms with Gasteiger partial charge in [-0.25, -0.2) is 0 Å². The molecule has 5 heteroatoms. The van der Waals surface area contributed by atoms with E-state index in [0.717, 1.165) is 12.8 Å². The van der Waals surface area contributed by atoms with Gasteiger partial charge in [0.15, 0.2) is 0 Å².